The molecular weight excluding hydrogens is 432 g/mol. The zero-order chi connectivity index (χ0) is 24.1. The van der Waals surface area contributed by atoms with Crippen molar-refractivity contribution in [2.75, 3.05) is 6.61 Å². The molecule has 0 aliphatic heterocycles. The van der Waals surface area contributed by atoms with Crippen molar-refractivity contribution in [1.82, 2.24) is 10.6 Å². The van der Waals surface area contributed by atoms with Crippen LogP contribution < -0.4 is 10.6 Å². The van der Waals surface area contributed by atoms with Crippen LogP contribution in [0.4, 0.5) is 4.79 Å². The van der Waals surface area contributed by atoms with Gasteiger partial charge >= 0.3 is 12.1 Å². The minimum Gasteiger partial charge on any atom is -0.481 e. The Morgan fingerprint density at radius 3 is 2.00 bits per heavy atom. The standard InChI is InChI=1S/C27H26N2O5/c1-17(15-24(30)31)28-26(32)25(18-9-3-2-4-10-18)29-27(33)34-16-23-21-13-7-5-11-19(21)20-12-6-8-14-22(20)23/h2-14,17,23,25H,15-16H2,1H3,(H,28,32)(H,29,33)(H,30,31). The Balaban J connectivity index is 1.46. The Bertz CT molecular complexity index is 1150. The van der Waals surface area contributed by atoms with E-state index >= 15 is 0 Å². The summed E-state index contributed by atoms with van der Waals surface area (Å²) in [5, 5.41) is 14.3. The first kappa shape index (κ1) is 23.0. The molecule has 0 heterocycles. The van der Waals surface area contributed by atoms with Gasteiger partial charge in [0.2, 0.25) is 5.91 Å². The molecule has 174 valence electrons. The molecule has 2 unspecified atom stereocenters. The van der Waals surface area contributed by atoms with Crippen molar-refractivity contribution in [1.29, 1.82) is 0 Å². The van der Waals surface area contributed by atoms with Crippen LogP contribution in [0.1, 0.15) is 42.0 Å². The summed E-state index contributed by atoms with van der Waals surface area (Å²) in [6, 6.07) is 23.2. The Labute approximate surface area is 197 Å². The molecule has 1 aliphatic carbocycles. The summed E-state index contributed by atoms with van der Waals surface area (Å²) in [5.41, 5.74) is 5.01. The number of carboxylic acids is 1. The van der Waals surface area contributed by atoms with E-state index in [4.69, 9.17) is 9.84 Å². The van der Waals surface area contributed by atoms with Crippen LogP contribution in [0.2, 0.25) is 0 Å². The molecule has 7 nitrogen and oxygen atoms in total. The molecule has 1 aliphatic rings. The minimum absolute atomic E-state index is 0.0993. The summed E-state index contributed by atoms with van der Waals surface area (Å²) >= 11 is 0. The van der Waals surface area contributed by atoms with Gasteiger partial charge < -0.3 is 20.5 Å². The van der Waals surface area contributed by atoms with Crippen LogP contribution in [0.25, 0.3) is 11.1 Å². The summed E-state index contributed by atoms with van der Waals surface area (Å²) in [6.45, 7) is 1.72. The number of carbonyl (C=O) groups excluding carboxylic acids is 2. The molecule has 0 bridgehead atoms. The van der Waals surface area contributed by atoms with Crippen molar-refractivity contribution in [3.05, 3.63) is 95.6 Å². The van der Waals surface area contributed by atoms with Gasteiger partial charge in [-0.15, -0.1) is 0 Å². The molecule has 4 rings (SSSR count). The van der Waals surface area contributed by atoms with Gasteiger partial charge in [-0.05, 0) is 34.7 Å². The quantitative estimate of drug-likeness (QED) is 0.468. The maximum absolute atomic E-state index is 12.9. The average Bonchev–Trinajstić information content (AvgIpc) is 3.15. The van der Waals surface area contributed by atoms with Crippen LogP contribution in [0.3, 0.4) is 0 Å². The van der Waals surface area contributed by atoms with Gasteiger partial charge in [0, 0.05) is 12.0 Å². The molecule has 34 heavy (non-hydrogen) atoms. The molecule has 3 aromatic rings. The zero-order valence-electron chi connectivity index (χ0n) is 18.7. The first-order chi connectivity index (χ1) is 16.4. The Morgan fingerprint density at radius 2 is 1.41 bits per heavy atom. The van der Waals surface area contributed by atoms with Crippen LogP contribution in [0, 0.1) is 0 Å². The number of hydrogen-bond acceptors (Lipinski definition) is 4. The molecule has 0 saturated carbocycles. The maximum atomic E-state index is 12.9. The SMILES string of the molecule is CC(CC(=O)O)NC(=O)C(NC(=O)OCC1c2ccccc2-c2ccccc21)c1ccccc1. The molecule has 7 heteroatoms. The predicted molar refractivity (Wildman–Crippen MR) is 127 cm³/mol. The molecule has 0 saturated heterocycles. The van der Waals surface area contributed by atoms with Crippen LogP contribution in [-0.2, 0) is 14.3 Å². The lowest BCUT2D eigenvalue weighted by Gasteiger charge is -2.22. The van der Waals surface area contributed by atoms with Crippen LogP contribution in [0.5, 0.6) is 0 Å². The van der Waals surface area contributed by atoms with Gasteiger partial charge in [0.25, 0.3) is 0 Å². The number of hydrogen-bond donors (Lipinski definition) is 3. The summed E-state index contributed by atoms with van der Waals surface area (Å²) in [5.74, 6) is -1.63. The zero-order valence-corrected chi connectivity index (χ0v) is 18.7. The lowest BCUT2D eigenvalue weighted by molar-refractivity contribution is -0.137. The number of nitrogens with one attached hydrogen (secondary N) is 2. The number of rotatable bonds is 8. The van der Waals surface area contributed by atoms with Gasteiger partial charge in [-0.25, -0.2) is 4.79 Å². The Hall–Kier alpha value is -4.13. The van der Waals surface area contributed by atoms with E-state index in [-0.39, 0.29) is 18.9 Å². The highest BCUT2D eigenvalue weighted by atomic mass is 16.5. The second kappa shape index (κ2) is 10.2. The van der Waals surface area contributed by atoms with Gasteiger partial charge in [-0.2, -0.15) is 0 Å². The Kier molecular flexibility index (Phi) is 6.92. The summed E-state index contributed by atoms with van der Waals surface area (Å²) < 4.78 is 5.59. The van der Waals surface area contributed by atoms with E-state index in [1.54, 1.807) is 37.3 Å². The highest BCUT2D eigenvalue weighted by molar-refractivity contribution is 5.87. The number of benzene rings is 3. The van der Waals surface area contributed by atoms with Crippen molar-refractivity contribution in [2.24, 2.45) is 0 Å². The van der Waals surface area contributed by atoms with Crippen LogP contribution in [0.15, 0.2) is 78.9 Å². The number of carbonyl (C=O) groups is 3. The van der Waals surface area contributed by atoms with E-state index in [1.165, 1.54) is 0 Å². The fourth-order valence-electron chi connectivity index (χ4n) is 4.34. The largest absolute Gasteiger partial charge is 0.481 e. The van der Waals surface area contributed by atoms with Crippen molar-refractivity contribution < 1.29 is 24.2 Å². The van der Waals surface area contributed by atoms with Gasteiger partial charge in [0.1, 0.15) is 12.6 Å². The van der Waals surface area contributed by atoms with Crippen molar-refractivity contribution >= 4 is 18.0 Å². The topological polar surface area (TPSA) is 105 Å². The number of aliphatic carboxylic acids is 1. The molecule has 0 spiro atoms. The van der Waals surface area contributed by atoms with E-state index in [9.17, 15) is 14.4 Å². The van der Waals surface area contributed by atoms with Crippen molar-refractivity contribution in [3.63, 3.8) is 0 Å². The van der Waals surface area contributed by atoms with E-state index in [0.717, 1.165) is 22.3 Å². The smallest absolute Gasteiger partial charge is 0.408 e. The van der Waals surface area contributed by atoms with Gasteiger partial charge in [0.05, 0.1) is 6.42 Å². The number of fused-ring (bicyclic) bond motifs is 3. The number of alkyl carbamates (subject to hydrolysis) is 1. The van der Waals surface area contributed by atoms with Gasteiger partial charge in [0.15, 0.2) is 0 Å². The number of carboxylic acid groups (broad SMARTS) is 1. The predicted octanol–water partition coefficient (Wildman–Crippen LogP) is 4.25. The monoisotopic (exact) mass is 458 g/mol. The molecule has 0 aromatic heterocycles. The van der Waals surface area contributed by atoms with E-state index in [1.807, 2.05) is 36.4 Å². The maximum Gasteiger partial charge on any atom is 0.408 e. The second-order valence-corrected chi connectivity index (χ2v) is 8.32. The fraction of sp³-hybridized carbons (Fsp3) is 0.222. The lowest BCUT2D eigenvalue weighted by Crippen LogP contribution is -2.44. The highest BCUT2D eigenvalue weighted by Crippen LogP contribution is 2.44. The van der Waals surface area contributed by atoms with Crippen molar-refractivity contribution in [3.8, 4) is 11.1 Å². The Morgan fingerprint density at radius 1 is 0.853 bits per heavy atom. The lowest BCUT2D eigenvalue weighted by atomic mass is 9.98. The molecule has 0 fully saturated rings. The molecule has 2 amide bonds. The van der Waals surface area contributed by atoms with Gasteiger partial charge in [-0.1, -0.05) is 78.9 Å². The van der Waals surface area contributed by atoms with E-state index in [0.29, 0.717) is 5.56 Å². The van der Waals surface area contributed by atoms with E-state index in [2.05, 4.69) is 22.8 Å². The second-order valence-electron chi connectivity index (χ2n) is 8.32. The summed E-state index contributed by atoms with van der Waals surface area (Å²) in [7, 11) is 0. The summed E-state index contributed by atoms with van der Waals surface area (Å²) in [6.07, 6.45) is -0.949. The van der Waals surface area contributed by atoms with E-state index < -0.39 is 30.1 Å². The first-order valence-corrected chi connectivity index (χ1v) is 11.1. The average molecular weight is 459 g/mol. The number of amides is 2. The normalized spacial score (nSPS) is 13.8. The summed E-state index contributed by atoms with van der Waals surface area (Å²) in [4.78, 5) is 36.6. The molecule has 2 atom stereocenters. The fourth-order valence-corrected chi connectivity index (χ4v) is 4.34. The molecular formula is C27H26N2O5. The minimum atomic E-state index is -1.02. The molecule has 3 aromatic carbocycles. The van der Waals surface area contributed by atoms with Crippen molar-refractivity contribution in [2.45, 2.75) is 31.3 Å². The third-order valence-electron chi connectivity index (χ3n) is 5.87. The highest BCUT2D eigenvalue weighted by Gasteiger charge is 2.30. The first-order valence-electron chi connectivity index (χ1n) is 11.1. The third kappa shape index (κ3) is 5.09. The van der Waals surface area contributed by atoms with Gasteiger partial charge in [-0.3, -0.25) is 9.59 Å². The van der Waals surface area contributed by atoms with Crippen LogP contribution >= 0.6 is 0 Å². The third-order valence-corrected chi connectivity index (χ3v) is 5.87. The van der Waals surface area contributed by atoms with Crippen LogP contribution in [-0.4, -0.2) is 35.7 Å². The number of ether oxygens (including phenoxy) is 1. The molecule has 0 radical (unpaired) electrons. The molecule has 3 N–H and O–H groups in total.